The summed E-state index contributed by atoms with van der Waals surface area (Å²) < 4.78 is 20.3. The molecule has 0 atom stereocenters. The molecule has 0 aliphatic carbocycles. The van der Waals surface area contributed by atoms with Crippen LogP contribution in [0.25, 0.3) is 5.69 Å². The van der Waals surface area contributed by atoms with Gasteiger partial charge < -0.3 is 29.2 Å². The van der Waals surface area contributed by atoms with Gasteiger partial charge in [0.15, 0.2) is 0 Å². The summed E-state index contributed by atoms with van der Waals surface area (Å²) >= 11 is 12.7. The molecular weight excluding hydrogens is 669 g/mol. The van der Waals surface area contributed by atoms with Crippen molar-refractivity contribution in [3.8, 4) is 28.8 Å². The average molecular weight is 707 g/mol. The van der Waals surface area contributed by atoms with Gasteiger partial charge in [-0.2, -0.15) is 0 Å². The highest BCUT2D eigenvalue weighted by molar-refractivity contribution is 6.32. The minimum absolute atomic E-state index is 0.0402. The maximum atomic E-state index is 13.3. The van der Waals surface area contributed by atoms with E-state index in [4.69, 9.17) is 37.4 Å². The van der Waals surface area contributed by atoms with Crippen LogP contribution in [0.2, 0.25) is 10.0 Å². The van der Waals surface area contributed by atoms with Gasteiger partial charge in [-0.25, -0.2) is 9.48 Å². The number of ether oxygens (including phenoxy) is 3. The second kappa shape index (κ2) is 15.0. The molecule has 2 amide bonds. The van der Waals surface area contributed by atoms with Gasteiger partial charge in [0.25, 0.3) is 5.56 Å². The van der Waals surface area contributed by atoms with E-state index in [1.54, 1.807) is 47.9 Å². The van der Waals surface area contributed by atoms with E-state index in [2.05, 4.69) is 15.7 Å². The normalized spacial score (nSPS) is 11.2. The minimum atomic E-state index is -0.509. The van der Waals surface area contributed by atoms with Crippen molar-refractivity contribution >= 4 is 35.1 Å². The Balaban J connectivity index is 1.26. The molecule has 0 radical (unpaired) electrons. The number of aromatic nitrogens is 3. The van der Waals surface area contributed by atoms with Gasteiger partial charge >= 0.3 is 6.03 Å². The number of nitrogens with one attached hydrogen (secondary N) is 2. The minimum Gasteiger partial charge on any atom is -0.508 e. The Labute approximate surface area is 294 Å². The van der Waals surface area contributed by atoms with E-state index in [1.807, 2.05) is 51.1 Å². The summed E-state index contributed by atoms with van der Waals surface area (Å²) in [7, 11) is 1.53. The standard InChI is InChI=1S/C36H37Cl2N5O6/c1-22-16-30(33(38)34(45)42(22)20-23-10-15-28(37)29(17-23)47-5)48-21-25-9-7-6-8-24(25)19-39-35(46)40-31-18-32(49-36(2,3)4)41-43(31)26-11-13-27(44)14-12-26/h6-18,44H,19-21H2,1-5H3,(H2,39,40,46). The molecule has 0 saturated carbocycles. The number of carbonyl (C=O) groups excluding carboxylic acids is 1. The number of hydrogen-bond acceptors (Lipinski definition) is 7. The van der Waals surface area contributed by atoms with E-state index in [0.717, 1.165) is 16.7 Å². The Hall–Kier alpha value is -5.13. The van der Waals surface area contributed by atoms with Crippen molar-refractivity contribution in [3.05, 3.63) is 122 Å². The summed E-state index contributed by atoms with van der Waals surface area (Å²) in [6.07, 6.45) is 0. The molecule has 3 N–H and O–H groups in total. The molecule has 3 aromatic carbocycles. The molecule has 0 saturated heterocycles. The maximum absolute atomic E-state index is 13.3. The van der Waals surface area contributed by atoms with Crippen molar-refractivity contribution in [2.45, 2.75) is 53.0 Å². The number of benzene rings is 3. The number of phenolic OH excluding ortho intramolecular Hbond substituents is 1. The number of urea groups is 1. The first-order valence-corrected chi connectivity index (χ1v) is 16.1. The highest BCUT2D eigenvalue weighted by Gasteiger charge is 2.19. The van der Waals surface area contributed by atoms with Crippen molar-refractivity contribution < 1.29 is 24.1 Å². The van der Waals surface area contributed by atoms with Gasteiger partial charge in [0.2, 0.25) is 5.88 Å². The van der Waals surface area contributed by atoms with Crippen molar-refractivity contribution in [3.63, 3.8) is 0 Å². The van der Waals surface area contributed by atoms with Crippen LogP contribution in [0.4, 0.5) is 10.6 Å². The maximum Gasteiger partial charge on any atom is 0.320 e. The lowest BCUT2D eigenvalue weighted by atomic mass is 10.1. The predicted molar refractivity (Wildman–Crippen MR) is 190 cm³/mol. The Morgan fingerprint density at radius 3 is 2.37 bits per heavy atom. The van der Waals surface area contributed by atoms with Gasteiger partial charge in [-0.3, -0.25) is 10.1 Å². The molecule has 13 heteroatoms. The third kappa shape index (κ3) is 8.87. The van der Waals surface area contributed by atoms with Gasteiger partial charge in [-0.05, 0) is 80.8 Å². The molecule has 5 aromatic rings. The number of anilines is 1. The number of nitrogens with zero attached hydrogens (tertiary/aromatic N) is 3. The zero-order valence-electron chi connectivity index (χ0n) is 27.7. The smallest absolute Gasteiger partial charge is 0.320 e. The van der Waals surface area contributed by atoms with Crippen LogP contribution in [-0.4, -0.2) is 38.2 Å². The number of methoxy groups -OCH3 is 1. The van der Waals surface area contributed by atoms with Gasteiger partial charge in [0.1, 0.15) is 40.3 Å². The monoisotopic (exact) mass is 705 g/mol. The molecule has 49 heavy (non-hydrogen) atoms. The quantitative estimate of drug-likeness (QED) is 0.130. The summed E-state index contributed by atoms with van der Waals surface area (Å²) in [5, 5.41) is 20.4. The molecule has 2 aromatic heterocycles. The van der Waals surface area contributed by atoms with Crippen LogP contribution in [0.3, 0.4) is 0 Å². The molecule has 11 nitrogen and oxygen atoms in total. The fourth-order valence-electron chi connectivity index (χ4n) is 4.97. The lowest BCUT2D eigenvalue weighted by Crippen LogP contribution is -2.29. The summed E-state index contributed by atoms with van der Waals surface area (Å²) in [6, 6.07) is 22.1. The third-order valence-corrected chi connectivity index (χ3v) is 8.01. The summed E-state index contributed by atoms with van der Waals surface area (Å²) in [6.45, 7) is 8.07. The Bertz CT molecular complexity index is 2020. The number of carbonyl (C=O) groups is 1. The number of pyridine rings is 1. The fraction of sp³-hybridized carbons (Fsp3) is 0.250. The van der Waals surface area contributed by atoms with Crippen molar-refractivity contribution in [2.75, 3.05) is 12.4 Å². The van der Waals surface area contributed by atoms with Crippen LogP contribution >= 0.6 is 23.2 Å². The molecule has 0 aliphatic rings. The summed E-state index contributed by atoms with van der Waals surface area (Å²) in [5.41, 5.74) is 2.80. The second-order valence-electron chi connectivity index (χ2n) is 12.2. The highest BCUT2D eigenvalue weighted by atomic mass is 35.5. The van der Waals surface area contributed by atoms with Crippen molar-refractivity contribution in [1.29, 1.82) is 0 Å². The molecule has 0 aliphatic heterocycles. The van der Waals surface area contributed by atoms with Gasteiger partial charge in [0, 0.05) is 24.4 Å². The topological polar surface area (TPSA) is 129 Å². The zero-order chi connectivity index (χ0) is 35.3. The number of aromatic hydroxyl groups is 1. The fourth-order valence-corrected chi connectivity index (χ4v) is 5.37. The summed E-state index contributed by atoms with van der Waals surface area (Å²) in [4.78, 5) is 26.4. The first-order valence-electron chi connectivity index (χ1n) is 15.4. The molecule has 0 bridgehead atoms. The van der Waals surface area contributed by atoms with E-state index < -0.39 is 11.6 Å². The molecule has 2 heterocycles. The first-order chi connectivity index (χ1) is 23.3. The number of amides is 2. The number of halogens is 2. The van der Waals surface area contributed by atoms with Crippen LogP contribution in [0, 0.1) is 6.92 Å². The van der Waals surface area contributed by atoms with E-state index in [0.29, 0.717) is 33.9 Å². The SMILES string of the molecule is COc1cc(Cn2c(C)cc(OCc3ccccc3CNC(=O)Nc3cc(OC(C)(C)C)nn3-c3ccc(O)cc3)c(Cl)c2=O)ccc1Cl. The zero-order valence-corrected chi connectivity index (χ0v) is 29.2. The number of rotatable bonds is 11. The molecule has 0 fully saturated rings. The van der Waals surface area contributed by atoms with E-state index in [9.17, 15) is 14.7 Å². The predicted octanol–water partition coefficient (Wildman–Crippen LogP) is 7.49. The largest absolute Gasteiger partial charge is 0.508 e. The molecular formula is C36H37Cl2N5O6. The van der Waals surface area contributed by atoms with Gasteiger partial charge in [-0.15, -0.1) is 5.10 Å². The van der Waals surface area contributed by atoms with Gasteiger partial charge in [-0.1, -0.05) is 53.5 Å². The van der Waals surface area contributed by atoms with E-state index in [1.165, 1.54) is 23.9 Å². The van der Waals surface area contributed by atoms with E-state index in [-0.39, 0.29) is 41.8 Å². The molecule has 256 valence electrons. The Morgan fingerprint density at radius 2 is 1.67 bits per heavy atom. The van der Waals surface area contributed by atoms with Crippen LogP contribution < -0.4 is 30.4 Å². The van der Waals surface area contributed by atoms with Crippen LogP contribution in [0.15, 0.2) is 83.7 Å². The second-order valence-corrected chi connectivity index (χ2v) is 13.0. The van der Waals surface area contributed by atoms with Crippen LogP contribution in [0.5, 0.6) is 23.1 Å². The highest BCUT2D eigenvalue weighted by Crippen LogP contribution is 2.28. The number of hydrogen-bond donors (Lipinski definition) is 3. The number of phenols is 1. The lowest BCUT2D eigenvalue weighted by Gasteiger charge is -2.18. The van der Waals surface area contributed by atoms with Crippen molar-refractivity contribution in [1.82, 2.24) is 19.7 Å². The van der Waals surface area contributed by atoms with Gasteiger partial charge in [0.05, 0.1) is 24.4 Å². The first kappa shape index (κ1) is 35.2. The van der Waals surface area contributed by atoms with Crippen LogP contribution in [0.1, 0.15) is 43.2 Å². The third-order valence-electron chi connectivity index (χ3n) is 7.35. The van der Waals surface area contributed by atoms with E-state index >= 15 is 0 Å². The molecule has 0 spiro atoms. The number of aryl methyl sites for hydroxylation is 1. The Morgan fingerprint density at radius 1 is 0.959 bits per heavy atom. The molecule has 0 unspecified atom stereocenters. The van der Waals surface area contributed by atoms with Crippen molar-refractivity contribution in [2.24, 2.45) is 0 Å². The van der Waals surface area contributed by atoms with Crippen LogP contribution in [-0.2, 0) is 19.7 Å². The lowest BCUT2D eigenvalue weighted by molar-refractivity contribution is 0.123. The Kier molecular flexibility index (Phi) is 10.7. The average Bonchev–Trinajstić information content (AvgIpc) is 3.44. The molecule has 5 rings (SSSR count). The summed E-state index contributed by atoms with van der Waals surface area (Å²) in [5.74, 6) is 1.57.